The number of aromatic amines is 1. The van der Waals surface area contributed by atoms with Crippen LogP contribution in [0.5, 0.6) is 11.5 Å². The second-order valence-corrected chi connectivity index (χ2v) is 7.93. The maximum Gasteiger partial charge on any atom is 0.142 e. The van der Waals surface area contributed by atoms with Crippen LogP contribution in [0.15, 0.2) is 42.0 Å². The molecular formula is C24H27NO2. The van der Waals surface area contributed by atoms with Crippen LogP contribution in [0.3, 0.4) is 0 Å². The molecule has 3 nitrogen and oxygen atoms in total. The van der Waals surface area contributed by atoms with Gasteiger partial charge in [-0.15, -0.1) is 0 Å². The first-order chi connectivity index (χ1) is 12.9. The van der Waals surface area contributed by atoms with Crippen LogP contribution in [-0.2, 0) is 0 Å². The van der Waals surface area contributed by atoms with E-state index in [-0.39, 0.29) is 5.60 Å². The Morgan fingerprint density at radius 1 is 1.22 bits per heavy atom. The minimum atomic E-state index is -0.277. The molecule has 0 amide bonds. The molecule has 1 aliphatic heterocycles. The molecule has 1 aromatic heterocycles. The number of para-hydroxylation sites is 1. The number of nitrogens with one attached hydrogen (secondary N) is 1. The first-order valence-corrected chi connectivity index (χ1v) is 9.55. The third-order valence-electron chi connectivity index (χ3n) is 5.42. The number of allylic oxidation sites excluding steroid dienone is 2. The van der Waals surface area contributed by atoms with E-state index in [1.54, 1.807) is 7.11 Å². The van der Waals surface area contributed by atoms with Crippen LogP contribution < -0.4 is 9.47 Å². The zero-order valence-corrected chi connectivity index (χ0v) is 16.8. The van der Waals surface area contributed by atoms with E-state index in [9.17, 15) is 0 Å². The van der Waals surface area contributed by atoms with Crippen molar-refractivity contribution in [2.75, 3.05) is 7.11 Å². The number of fused-ring (bicyclic) bond motifs is 5. The van der Waals surface area contributed by atoms with Gasteiger partial charge in [0.15, 0.2) is 0 Å². The molecule has 0 unspecified atom stereocenters. The van der Waals surface area contributed by atoms with Gasteiger partial charge in [-0.2, -0.15) is 0 Å². The van der Waals surface area contributed by atoms with E-state index in [4.69, 9.17) is 9.47 Å². The molecule has 2 heterocycles. The Balaban J connectivity index is 1.83. The molecule has 3 aromatic rings. The van der Waals surface area contributed by atoms with Crippen LogP contribution in [-0.4, -0.2) is 17.7 Å². The number of methoxy groups -OCH3 is 1. The van der Waals surface area contributed by atoms with Crippen LogP contribution in [0.25, 0.3) is 27.9 Å². The fourth-order valence-corrected chi connectivity index (χ4v) is 3.96. The van der Waals surface area contributed by atoms with Gasteiger partial charge in [-0.3, -0.25) is 0 Å². The molecule has 1 N–H and O–H groups in total. The van der Waals surface area contributed by atoms with Gasteiger partial charge in [-0.25, -0.2) is 0 Å². The van der Waals surface area contributed by atoms with Crippen LogP contribution in [0, 0.1) is 6.92 Å². The predicted molar refractivity (Wildman–Crippen MR) is 114 cm³/mol. The van der Waals surface area contributed by atoms with Crippen molar-refractivity contribution in [1.29, 1.82) is 0 Å². The van der Waals surface area contributed by atoms with Crippen LogP contribution in [0.2, 0.25) is 0 Å². The highest BCUT2D eigenvalue weighted by atomic mass is 16.5. The molecule has 0 fully saturated rings. The number of aryl methyl sites for hydroxylation is 1. The van der Waals surface area contributed by atoms with Crippen molar-refractivity contribution in [3.63, 3.8) is 0 Å². The van der Waals surface area contributed by atoms with Crippen molar-refractivity contribution in [3.05, 3.63) is 53.1 Å². The first-order valence-electron chi connectivity index (χ1n) is 9.55. The molecule has 3 heteroatoms. The molecule has 140 valence electrons. The summed E-state index contributed by atoms with van der Waals surface area (Å²) in [6.45, 7) is 8.58. The summed E-state index contributed by atoms with van der Waals surface area (Å²) in [6, 6.07) is 8.39. The monoisotopic (exact) mass is 361 g/mol. The van der Waals surface area contributed by atoms with Crippen molar-refractivity contribution in [2.24, 2.45) is 0 Å². The predicted octanol–water partition coefficient (Wildman–Crippen LogP) is 6.55. The molecule has 4 rings (SSSR count). The summed E-state index contributed by atoms with van der Waals surface area (Å²) in [5, 5.41) is 2.39. The lowest BCUT2D eigenvalue weighted by atomic mass is 9.92. The molecule has 0 radical (unpaired) electrons. The molecule has 2 aromatic carbocycles. The number of benzene rings is 2. The van der Waals surface area contributed by atoms with Gasteiger partial charge in [0.2, 0.25) is 0 Å². The Bertz CT molecular complexity index is 1080. The van der Waals surface area contributed by atoms with Gasteiger partial charge < -0.3 is 14.5 Å². The fourth-order valence-electron chi connectivity index (χ4n) is 3.96. The number of aromatic nitrogens is 1. The Hall–Kier alpha value is -2.68. The zero-order valence-electron chi connectivity index (χ0n) is 16.8. The third kappa shape index (κ3) is 3.01. The lowest BCUT2D eigenvalue weighted by Gasteiger charge is -2.32. The van der Waals surface area contributed by atoms with E-state index in [0.29, 0.717) is 0 Å². The van der Waals surface area contributed by atoms with Crippen molar-refractivity contribution >= 4 is 27.9 Å². The van der Waals surface area contributed by atoms with Gasteiger partial charge in [-0.05, 0) is 70.4 Å². The van der Waals surface area contributed by atoms with E-state index < -0.39 is 0 Å². The van der Waals surface area contributed by atoms with E-state index in [1.807, 2.05) is 12.1 Å². The Kier molecular flexibility index (Phi) is 4.26. The normalized spacial score (nSPS) is 18.4. The minimum Gasteiger partial charge on any atom is -0.495 e. The number of H-pyrrole nitrogens is 1. The molecule has 0 spiro atoms. The number of hydrogen-bond acceptors (Lipinski definition) is 2. The second-order valence-electron chi connectivity index (χ2n) is 7.93. The maximum absolute atomic E-state index is 6.53. The highest BCUT2D eigenvalue weighted by Gasteiger charge is 2.29. The Morgan fingerprint density at radius 3 is 2.78 bits per heavy atom. The van der Waals surface area contributed by atoms with Crippen LogP contribution >= 0.6 is 0 Å². The quantitative estimate of drug-likeness (QED) is 0.535. The fraction of sp³-hybridized carbons (Fsp3) is 0.333. The van der Waals surface area contributed by atoms with Crippen molar-refractivity contribution in [2.45, 2.75) is 46.1 Å². The number of rotatable bonds is 4. The van der Waals surface area contributed by atoms with Gasteiger partial charge in [0.1, 0.15) is 17.1 Å². The molecule has 0 bridgehead atoms. The van der Waals surface area contributed by atoms with Gasteiger partial charge in [0.25, 0.3) is 0 Å². The summed E-state index contributed by atoms with van der Waals surface area (Å²) in [4.78, 5) is 3.57. The lowest BCUT2D eigenvalue weighted by Crippen LogP contribution is -2.32. The van der Waals surface area contributed by atoms with E-state index >= 15 is 0 Å². The average Bonchev–Trinajstić information content (AvgIpc) is 3.00. The largest absolute Gasteiger partial charge is 0.495 e. The Morgan fingerprint density at radius 2 is 2.04 bits per heavy atom. The summed E-state index contributed by atoms with van der Waals surface area (Å²) in [6.07, 6.45) is 8.68. The molecular weight excluding hydrogens is 334 g/mol. The Labute approximate surface area is 160 Å². The van der Waals surface area contributed by atoms with E-state index in [0.717, 1.165) is 40.9 Å². The van der Waals surface area contributed by atoms with Gasteiger partial charge >= 0.3 is 0 Å². The van der Waals surface area contributed by atoms with Crippen LogP contribution in [0.1, 0.15) is 44.7 Å². The van der Waals surface area contributed by atoms with Crippen molar-refractivity contribution in [1.82, 2.24) is 4.98 Å². The third-order valence-corrected chi connectivity index (χ3v) is 5.42. The maximum atomic E-state index is 6.53. The van der Waals surface area contributed by atoms with Crippen LogP contribution in [0.4, 0.5) is 0 Å². The lowest BCUT2D eigenvalue weighted by molar-refractivity contribution is 0.128. The summed E-state index contributed by atoms with van der Waals surface area (Å²) in [5.74, 6) is 1.84. The SMILES string of the molecule is COc1cccc2c1[nH]c1c3c(c(C)cc12)O[C@](C)(CCC=C(C)C)C=C3. The zero-order chi connectivity index (χ0) is 19.2. The molecule has 0 saturated carbocycles. The summed E-state index contributed by atoms with van der Waals surface area (Å²) >= 11 is 0. The van der Waals surface area contributed by atoms with Crippen molar-refractivity contribution < 1.29 is 9.47 Å². The van der Waals surface area contributed by atoms with Crippen molar-refractivity contribution in [3.8, 4) is 11.5 Å². The smallest absolute Gasteiger partial charge is 0.142 e. The molecule has 27 heavy (non-hydrogen) atoms. The average molecular weight is 361 g/mol. The number of hydrogen-bond donors (Lipinski definition) is 1. The molecule has 0 aliphatic carbocycles. The molecule has 0 saturated heterocycles. The standard InChI is InChI=1S/C24H27NO2/c1-15(2)8-7-12-24(4)13-11-18-21-19(14-16(3)23(18)27-24)17-9-6-10-20(26-5)22(17)25-21/h6,8-11,13-14,25H,7,12H2,1-5H3/t24-/m1/s1. The van der Waals surface area contributed by atoms with Gasteiger partial charge in [-0.1, -0.05) is 23.8 Å². The summed E-state index contributed by atoms with van der Waals surface area (Å²) in [7, 11) is 1.71. The molecule has 1 atom stereocenters. The summed E-state index contributed by atoms with van der Waals surface area (Å²) in [5.41, 5.74) is 5.51. The number of ether oxygens (including phenoxy) is 2. The van der Waals surface area contributed by atoms with E-state index in [1.165, 1.54) is 21.9 Å². The van der Waals surface area contributed by atoms with Gasteiger partial charge in [0, 0.05) is 16.3 Å². The summed E-state index contributed by atoms with van der Waals surface area (Å²) < 4.78 is 12.1. The topological polar surface area (TPSA) is 34.2 Å². The second kappa shape index (κ2) is 6.49. The first kappa shape index (κ1) is 17.7. The minimum absolute atomic E-state index is 0.277. The molecule has 1 aliphatic rings. The highest BCUT2D eigenvalue weighted by Crippen LogP contribution is 2.43. The van der Waals surface area contributed by atoms with E-state index in [2.05, 4.69) is 63.0 Å². The van der Waals surface area contributed by atoms with Gasteiger partial charge in [0.05, 0.1) is 18.1 Å². The highest BCUT2D eigenvalue weighted by molar-refractivity contribution is 6.12.